The molecule has 2 heterocycles. The Kier molecular flexibility index (Phi) is 6.63. The minimum atomic E-state index is -0.547. The van der Waals surface area contributed by atoms with Gasteiger partial charge < -0.3 is 0 Å². The van der Waals surface area contributed by atoms with Gasteiger partial charge in [0.15, 0.2) is 0 Å². The molecule has 4 rings (SSSR count). The molecule has 0 N–H and O–H groups in total. The number of rotatable bonds is 6. The van der Waals surface area contributed by atoms with Gasteiger partial charge in [-0.3, -0.25) is 0 Å². The van der Waals surface area contributed by atoms with E-state index in [9.17, 15) is 4.79 Å². The summed E-state index contributed by atoms with van der Waals surface area (Å²) >= 11 is 6.35. The second-order valence-electron chi connectivity index (χ2n) is 8.03. The van der Waals surface area contributed by atoms with Crippen LogP contribution in [-0.4, -0.2) is 70.5 Å². The Balaban J connectivity index is 1.52. The molecule has 0 spiro atoms. The number of hydrogen-bond donors (Lipinski definition) is 0. The molecular formula is C23H27ClN2O2Se. The standard InChI is InChI=1S/C23H27ClN2O2Se/c1-25-11-13-26(14-12-25)16-18-15-23(28-22(18)27,19-7-9-20(24)10-8-19)17-29-21-5-3-2-4-6-21/h2-10,18H,11-17H2,1H3. The van der Waals surface area contributed by atoms with Gasteiger partial charge >= 0.3 is 185 Å². The number of ether oxygens (including phenoxy) is 1. The van der Waals surface area contributed by atoms with Crippen LogP contribution in [0.2, 0.25) is 10.3 Å². The molecule has 2 aromatic carbocycles. The fourth-order valence-corrected chi connectivity index (χ4v) is 6.52. The van der Waals surface area contributed by atoms with Crippen LogP contribution < -0.4 is 4.46 Å². The normalized spacial score (nSPS) is 25.9. The van der Waals surface area contributed by atoms with Crippen LogP contribution in [0.25, 0.3) is 0 Å². The maximum absolute atomic E-state index is 12.9. The van der Waals surface area contributed by atoms with Crippen molar-refractivity contribution in [2.24, 2.45) is 5.92 Å². The molecule has 6 heteroatoms. The molecule has 2 fully saturated rings. The van der Waals surface area contributed by atoms with E-state index in [4.69, 9.17) is 16.3 Å². The number of cyclic esters (lactones) is 1. The Labute approximate surface area is 184 Å². The van der Waals surface area contributed by atoms with E-state index in [0.717, 1.165) is 50.0 Å². The third-order valence-electron chi connectivity index (χ3n) is 5.87. The van der Waals surface area contributed by atoms with Gasteiger partial charge in [-0.2, -0.15) is 0 Å². The number of carbonyl (C=O) groups excluding carboxylic acids is 1. The molecule has 0 amide bonds. The SMILES string of the molecule is CN1CCN(CC2CC(C[Se]c3ccccc3)(c3ccc(Cl)cc3)OC2=O)CC1. The van der Waals surface area contributed by atoms with Crippen molar-refractivity contribution in [2.75, 3.05) is 39.8 Å². The first kappa shape index (κ1) is 20.9. The Morgan fingerprint density at radius 1 is 1.07 bits per heavy atom. The van der Waals surface area contributed by atoms with Gasteiger partial charge in [0, 0.05) is 0 Å². The van der Waals surface area contributed by atoms with Crippen LogP contribution in [0.5, 0.6) is 0 Å². The van der Waals surface area contributed by atoms with E-state index in [0.29, 0.717) is 5.02 Å². The number of nitrogens with zero attached hydrogens (tertiary/aromatic N) is 2. The monoisotopic (exact) mass is 478 g/mol. The third-order valence-corrected chi connectivity index (χ3v) is 8.67. The van der Waals surface area contributed by atoms with Crippen LogP contribution in [0.1, 0.15) is 12.0 Å². The van der Waals surface area contributed by atoms with E-state index < -0.39 is 5.60 Å². The summed E-state index contributed by atoms with van der Waals surface area (Å²) in [6.07, 6.45) is 0.744. The van der Waals surface area contributed by atoms with E-state index in [-0.39, 0.29) is 26.8 Å². The van der Waals surface area contributed by atoms with Crippen molar-refractivity contribution in [3.8, 4) is 0 Å². The molecule has 4 nitrogen and oxygen atoms in total. The molecule has 2 saturated heterocycles. The summed E-state index contributed by atoms with van der Waals surface area (Å²) in [7, 11) is 2.15. The Morgan fingerprint density at radius 3 is 2.45 bits per heavy atom. The molecule has 29 heavy (non-hydrogen) atoms. The van der Waals surface area contributed by atoms with Crippen molar-refractivity contribution in [3.05, 3.63) is 65.2 Å². The molecule has 0 aromatic heterocycles. The van der Waals surface area contributed by atoms with E-state index >= 15 is 0 Å². The summed E-state index contributed by atoms with van der Waals surface area (Å²) in [5.41, 5.74) is 0.517. The van der Waals surface area contributed by atoms with Crippen molar-refractivity contribution >= 4 is 37.0 Å². The number of halogens is 1. The molecule has 0 bridgehead atoms. The van der Waals surface area contributed by atoms with Gasteiger partial charge in [-0.25, -0.2) is 0 Å². The van der Waals surface area contributed by atoms with Gasteiger partial charge in [-0.1, -0.05) is 0 Å². The summed E-state index contributed by atoms with van der Waals surface area (Å²) in [5.74, 6) is -0.122. The molecule has 2 atom stereocenters. The molecule has 2 aliphatic heterocycles. The second-order valence-corrected chi connectivity index (χ2v) is 10.7. The summed E-state index contributed by atoms with van der Waals surface area (Å²) in [6, 6.07) is 18.3. The summed E-state index contributed by atoms with van der Waals surface area (Å²) in [6.45, 7) is 4.94. The zero-order chi connectivity index (χ0) is 20.3. The fraction of sp³-hybridized carbons (Fsp3) is 0.435. The first-order valence-electron chi connectivity index (χ1n) is 10.1. The molecule has 0 aliphatic carbocycles. The number of benzene rings is 2. The van der Waals surface area contributed by atoms with Gasteiger partial charge in [0.2, 0.25) is 0 Å². The van der Waals surface area contributed by atoms with Gasteiger partial charge in [0.25, 0.3) is 0 Å². The van der Waals surface area contributed by atoms with E-state index in [1.54, 1.807) is 0 Å². The Bertz CT molecular complexity index is 825. The Hall–Kier alpha value is -1.36. The summed E-state index contributed by atoms with van der Waals surface area (Å²) in [5, 5.41) is 1.55. The second kappa shape index (κ2) is 9.20. The van der Waals surface area contributed by atoms with Gasteiger partial charge in [0.05, 0.1) is 0 Å². The quantitative estimate of drug-likeness (QED) is 0.473. The molecule has 2 unspecified atom stereocenters. The average molecular weight is 478 g/mol. The zero-order valence-corrected chi connectivity index (χ0v) is 19.2. The molecule has 2 aromatic rings. The van der Waals surface area contributed by atoms with Crippen LogP contribution in [0.15, 0.2) is 54.6 Å². The van der Waals surface area contributed by atoms with Crippen LogP contribution >= 0.6 is 11.6 Å². The van der Waals surface area contributed by atoms with Crippen LogP contribution in [-0.2, 0) is 15.1 Å². The molecular weight excluding hydrogens is 451 g/mol. The number of esters is 1. The molecule has 0 saturated carbocycles. The number of likely N-dealkylation sites (N-methyl/N-ethyl adjacent to an activating group) is 1. The molecule has 154 valence electrons. The molecule has 0 radical (unpaired) electrons. The van der Waals surface area contributed by atoms with Crippen LogP contribution in [0, 0.1) is 5.92 Å². The predicted octanol–water partition coefficient (Wildman–Crippen LogP) is 2.79. The van der Waals surface area contributed by atoms with E-state index in [1.807, 2.05) is 30.3 Å². The van der Waals surface area contributed by atoms with E-state index in [2.05, 4.69) is 41.1 Å². The predicted molar refractivity (Wildman–Crippen MR) is 118 cm³/mol. The first-order chi connectivity index (χ1) is 14.0. The van der Waals surface area contributed by atoms with Crippen molar-refractivity contribution in [3.63, 3.8) is 0 Å². The first-order valence-corrected chi connectivity index (χ1v) is 12.6. The number of hydrogen-bond acceptors (Lipinski definition) is 4. The number of carbonyl (C=O) groups is 1. The zero-order valence-electron chi connectivity index (χ0n) is 16.7. The maximum atomic E-state index is 12.9. The summed E-state index contributed by atoms with van der Waals surface area (Å²) < 4.78 is 7.49. The van der Waals surface area contributed by atoms with Gasteiger partial charge in [-0.15, -0.1) is 0 Å². The number of piperazine rings is 1. The van der Waals surface area contributed by atoms with Gasteiger partial charge in [0.1, 0.15) is 0 Å². The van der Waals surface area contributed by atoms with Crippen LogP contribution in [0.3, 0.4) is 0 Å². The van der Waals surface area contributed by atoms with Crippen molar-refractivity contribution in [1.82, 2.24) is 9.80 Å². The topological polar surface area (TPSA) is 32.8 Å². The Morgan fingerprint density at radius 2 is 1.76 bits per heavy atom. The van der Waals surface area contributed by atoms with Crippen molar-refractivity contribution in [1.29, 1.82) is 0 Å². The van der Waals surface area contributed by atoms with Crippen molar-refractivity contribution < 1.29 is 9.53 Å². The summed E-state index contributed by atoms with van der Waals surface area (Å²) in [4.78, 5) is 17.6. The fourth-order valence-electron chi connectivity index (χ4n) is 4.10. The average Bonchev–Trinajstić information content (AvgIpc) is 3.06. The van der Waals surface area contributed by atoms with E-state index in [1.165, 1.54) is 4.46 Å². The minimum absolute atomic E-state index is 0.0530. The van der Waals surface area contributed by atoms with Gasteiger partial charge in [-0.05, 0) is 0 Å². The van der Waals surface area contributed by atoms with Crippen LogP contribution in [0.4, 0.5) is 0 Å². The third kappa shape index (κ3) is 5.04. The van der Waals surface area contributed by atoms with Crippen molar-refractivity contribution in [2.45, 2.75) is 17.3 Å². The molecule has 2 aliphatic rings.